The Kier molecular flexibility index (Phi) is 2.99. The van der Waals surface area contributed by atoms with Gasteiger partial charge in [0.05, 0.1) is 0 Å². The number of fused-ring (bicyclic) bond motifs is 1. The number of rotatable bonds is 2. The quantitative estimate of drug-likeness (QED) is 0.896. The van der Waals surface area contributed by atoms with Crippen LogP contribution in [0.5, 0.6) is 5.75 Å². The predicted octanol–water partition coefficient (Wildman–Crippen LogP) is 3.17. The molecule has 0 saturated heterocycles. The minimum Gasteiger partial charge on any atom is -0.487 e. The molecule has 2 aromatic carbocycles. The van der Waals surface area contributed by atoms with E-state index in [0.29, 0.717) is 17.7 Å². The fourth-order valence-electron chi connectivity index (χ4n) is 2.47. The van der Waals surface area contributed by atoms with Crippen molar-refractivity contribution in [2.75, 3.05) is 0 Å². The van der Waals surface area contributed by atoms with E-state index in [4.69, 9.17) is 4.74 Å². The van der Waals surface area contributed by atoms with Crippen molar-refractivity contribution < 1.29 is 14.2 Å². The first-order valence-electron chi connectivity index (χ1n) is 6.34. The molecule has 0 bridgehead atoms. The highest BCUT2D eigenvalue weighted by Gasteiger charge is 2.32. The zero-order chi connectivity index (χ0) is 13.4. The van der Waals surface area contributed by atoms with Crippen LogP contribution in [0.25, 0.3) is 0 Å². The van der Waals surface area contributed by atoms with Crippen LogP contribution >= 0.6 is 0 Å². The molecule has 2 aromatic rings. The average Bonchev–Trinajstić information content (AvgIpc) is 2.72. The van der Waals surface area contributed by atoms with Gasteiger partial charge in [0.1, 0.15) is 23.8 Å². The van der Waals surface area contributed by atoms with Gasteiger partial charge in [-0.05, 0) is 29.7 Å². The van der Waals surface area contributed by atoms with Crippen LogP contribution in [0.3, 0.4) is 0 Å². The summed E-state index contributed by atoms with van der Waals surface area (Å²) < 4.78 is 19.2. The molecule has 2 atom stereocenters. The maximum Gasteiger partial charge on any atom is 0.133 e. The lowest BCUT2D eigenvalue weighted by atomic mass is 10.1. The predicted molar refractivity (Wildman–Crippen MR) is 70.7 cm³/mol. The number of aliphatic hydroxyl groups is 1. The molecule has 1 N–H and O–H groups in total. The Morgan fingerprint density at radius 2 is 2.00 bits per heavy atom. The average molecular weight is 258 g/mol. The van der Waals surface area contributed by atoms with E-state index in [2.05, 4.69) is 0 Å². The SMILES string of the molecule is Cc1ccc(OC2Cc3ccccc3C2O)cc1F. The summed E-state index contributed by atoms with van der Waals surface area (Å²) in [6.07, 6.45) is -0.354. The normalized spacial score (nSPS) is 21.2. The van der Waals surface area contributed by atoms with Crippen molar-refractivity contribution in [3.8, 4) is 5.75 Å². The topological polar surface area (TPSA) is 29.5 Å². The van der Waals surface area contributed by atoms with Gasteiger partial charge < -0.3 is 9.84 Å². The monoisotopic (exact) mass is 258 g/mol. The van der Waals surface area contributed by atoms with Crippen molar-refractivity contribution in [2.24, 2.45) is 0 Å². The van der Waals surface area contributed by atoms with Gasteiger partial charge in [0.2, 0.25) is 0 Å². The number of hydrogen-bond acceptors (Lipinski definition) is 2. The van der Waals surface area contributed by atoms with Crippen LogP contribution in [0.4, 0.5) is 4.39 Å². The Labute approximate surface area is 111 Å². The van der Waals surface area contributed by atoms with Crippen molar-refractivity contribution in [1.29, 1.82) is 0 Å². The zero-order valence-electron chi connectivity index (χ0n) is 10.6. The van der Waals surface area contributed by atoms with Gasteiger partial charge in [-0.1, -0.05) is 30.3 Å². The standard InChI is InChI=1S/C16H15FO2/c1-10-6-7-12(9-14(10)17)19-15-8-11-4-2-3-5-13(11)16(15)18/h2-7,9,15-16,18H,8H2,1H3. The molecule has 0 heterocycles. The molecule has 0 saturated carbocycles. The number of benzene rings is 2. The number of halogens is 1. The molecule has 98 valence electrons. The first-order chi connectivity index (χ1) is 9.15. The molecule has 3 heteroatoms. The molecular formula is C16H15FO2. The lowest BCUT2D eigenvalue weighted by Crippen LogP contribution is -2.21. The van der Waals surface area contributed by atoms with Crippen LogP contribution in [0.1, 0.15) is 22.8 Å². The summed E-state index contributed by atoms with van der Waals surface area (Å²) in [4.78, 5) is 0. The Bertz CT molecular complexity index is 609. The van der Waals surface area contributed by atoms with Gasteiger partial charge in [-0.3, -0.25) is 0 Å². The fourth-order valence-corrected chi connectivity index (χ4v) is 2.47. The molecule has 2 nitrogen and oxygen atoms in total. The summed E-state index contributed by atoms with van der Waals surface area (Å²) >= 11 is 0. The Morgan fingerprint density at radius 1 is 1.21 bits per heavy atom. The van der Waals surface area contributed by atoms with E-state index in [0.717, 1.165) is 11.1 Å². The van der Waals surface area contributed by atoms with Crippen molar-refractivity contribution in [3.63, 3.8) is 0 Å². The summed E-state index contributed by atoms with van der Waals surface area (Å²) in [6, 6.07) is 12.5. The second-order valence-corrected chi connectivity index (χ2v) is 4.92. The van der Waals surface area contributed by atoms with Gasteiger partial charge in [-0.2, -0.15) is 0 Å². The highest BCUT2D eigenvalue weighted by molar-refractivity contribution is 5.36. The van der Waals surface area contributed by atoms with Crippen molar-refractivity contribution in [2.45, 2.75) is 25.6 Å². The van der Waals surface area contributed by atoms with Crippen molar-refractivity contribution >= 4 is 0 Å². The summed E-state index contributed by atoms with van der Waals surface area (Å²) in [5.41, 5.74) is 2.58. The van der Waals surface area contributed by atoms with E-state index in [1.165, 1.54) is 6.07 Å². The maximum atomic E-state index is 13.5. The molecule has 0 amide bonds. The Morgan fingerprint density at radius 3 is 2.74 bits per heavy atom. The highest BCUT2D eigenvalue weighted by Crippen LogP contribution is 2.34. The second-order valence-electron chi connectivity index (χ2n) is 4.92. The van der Waals surface area contributed by atoms with Gasteiger partial charge >= 0.3 is 0 Å². The van der Waals surface area contributed by atoms with Gasteiger partial charge in [0.25, 0.3) is 0 Å². The summed E-state index contributed by atoms with van der Waals surface area (Å²) in [7, 11) is 0. The molecule has 2 unspecified atom stereocenters. The van der Waals surface area contributed by atoms with Crippen LogP contribution in [0.15, 0.2) is 42.5 Å². The van der Waals surface area contributed by atoms with E-state index >= 15 is 0 Å². The smallest absolute Gasteiger partial charge is 0.133 e. The molecule has 0 fully saturated rings. The minimum atomic E-state index is -0.652. The third kappa shape index (κ3) is 2.22. The van der Waals surface area contributed by atoms with Crippen molar-refractivity contribution in [3.05, 3.63) is 65.0 Å². The fraction of sp³-hybridized carbons (Fsp3) is 0.250. The molecule has 0 spiro atoms. The molecule has 1 aliphatic carbocycles. The molecule has 0 aliphatic heterocycles. The number of aryl methyl sites for hydroxylation is 1. The van der Waals surface area contributed by atoms with Gasteiger partial charge in [0.15, 0.2) is 0 Å². The Balaban J connectivity index is 1.80. The van der Waals surface area contributed by atoms with Gasteiger partial charge in [-0.15, -0.1) is 0 Å². The highest BCUT2D eigenvalue weighted by atomic mass is 19.1. The summed E-state index contributed by atoms with van der Waals surface area (Å²) in [6.45, 7) is 1.71. The van der Waals surface area contributed by atoms with E-state index in [1.54, 1.807) is 19.1 Å². The lowest BCUT2D eigenvalue weighted by Gasteiger charge is -2.17. The van der Waals surface area contributed by atoms with Crippen LogP contribution in [-0.2, 0) is 6.42 Å². The first kappa shape index (κ1) is 12.2. The van der Waals surface area contributed by atoms with Gasteiger partial charge in [0, 0.05) is 12.5 Å². The second kappa shape index (κ2) is 4.67. The lowest BCUT2D eigenvalue weighted by molar-refractivity contribution is 0.0492. The first-order valence-corrected chi connectivity index (χ1v) is 6.34. The van der Waals surface area contributed by atoms with E-state index in [9.17, 15) is 9.50 Å². The zero-order valence-corrected chi connectivity index (χ0v) is 10.6. The molecule has 19 heavy (non-hydrogen) atoms. The molecule has 1 aliphatic rings. The Hall–Kier alpha value is -1.87. The van der Waals surface area contributed by atoms with Gasteiger partial charge in [-0.25, -0.2) is 4.39 Å². The van der Waals surface area contributed by atoms with Crippen LogP contribution < -0.4 is 4.74 Å². The third-order valence-corrected chi connectivity index (χ3v) is 3.58. The molecule has 0 radical (unpaired) electrons. The van der Waals surface area contributed by atoms with Crippen LogP contribution in [0, 0.1) is 12.7 Å². The van der Waals surface area contributed by atoms with Crippen molar-refractivity contribution in [1.82, 2.24) is 0 Å². The maximum absolute atomic E-state index is 13.5. The largest absolute Gasteiger partial charge is 0.487 e. The summed E-state index contributed by atoms with van der Waals surface area (Å²) in [5.74, 6) is 0.169. The minimum absolute atomic E-state index is 0.289. The molecular weight excluding hydrogens is 243 g/mol. The number of ether oxygens (including phenoxy) is 1. The van der Waals surface area contributed by atoms with Crippen LogP contribution in [0.2, 0.25) is 0 Å². The van der Waals surface area contributed by atoms with E-state index < -0.39 is 6.10 Å². The third-order valence-electron chi connectivity index (χ3n) is 3.58. The number of aliphatic hydroxyl groups excluding tert-OH is 1. The molecule has 3 rings (SSSR count). The van der Waals surface area contributed by atoms with E-state index in [-0.39, 0.29) is 11.9 Å². The van der Waals surface area contributed by atoms with Crippen LogP contribution in [-0.4, -0.2) is 11.2 Å². The summed E-state index contributed by atoms with van der Waals surface area (Å²) in [5, 5.41) is 10.2. The molecule has 0 aromatic heterocycles. The number of hydrogen-bond donors (Lipinski definition) is 1. The van der Waals surface area contributed by atoms with E-state index in [1.807, 2.05) is 24.3 Å².